The maximum Gasteiger partial charge on any atom is 0.224 e. The second kappa shape index (κ2) is 5.88. The van der Waals surface area contributed by atoms with E-state index in [0.717, 1.165) is 10.0 Å². The number of amides is 1. The van der Waals surface area contributed by atoms with Gasteiger partial charge in [0.2, 0.25) is 5.91 Å². The fourth-order valence-corrected chi connectivity index (χ4v) is 1.56. The predicted molar refractivity (Wildman–Crippen MR) is 64.2 cm³/mol. The molecule has 0 spiro atoms. The number of benzene rings is 1. The quantitative estimate of drug-likeness (QED) is 0.875. The van der Waals surface area contributed by atoms with Crippen molar-refractivity contribution in [3.05, 3.63) is 34.3 Å². The van der Waals surface area contributed by atoms with Crippen LogP contribution in [0, 0.1) is 5.92 Å². The van der Waals surface area contributed by atoms with Gasteiger partial charge < -0.3 is 11.1 Å². The highest BCUT2D eigenvalue weighted by atomic mass is 79.9. The van der Waals surface area contributed by atoms with Gasteiger partial charge in [-0.3, -0.25) is 4.79 Å². The average Bonchev–Trinajstić information content (AvgIpc) is 2.25. The minimum Gasteiger partial charge on any atom is -0.352 e. The number of carbonyl (C=O) groups is 1. The van der Waals surface area contributed by atoms with Crippen LogP contribution in [0.5, 0.6) is 0 Å². The maximum atomic E-state index is 11.4. The van der Waals surface area contributed by atoms with Gasteiger partial charge in [-0.1, -0.05) is 35.0 Å². The molecule has 3 nitrogen and oxygen atoms in total. The van der Waals surface area contributed by atoms with Gasteiger partial charge in [-0.15, -0.1) is 0 Å². The topological polar surface area (TPSA) is 55.1 Å². The Morgan fingerprint density at radius 2 is 2.33 bits per heavy atom. The molecule has 1 atom stereocenters. The average molecular weight is 271 g/mol. The van der Waals surface area contributed by atoms with E-state index < -0.39 is 0 Å². The molecule has 0 saturated heterocycles. The Morgan fingerprint density at radius 1 is 1.60 bits per heavy atom. The second-order valence-corrected chi connectivity index (χ2v) is 4.40. The van der Waals surface area contributed by atoms with Gasteiger partial charge in [0.25, 0.3) is 0 Å². The standard InChI is InChI=1S/C11H15BrN2O/c1-8(6-13)11(15)14-7-9-3-2-4-10(12)5-9/h2-5,8H,6-7,13H2,1H3,(H,14,15). The smallest absolute Gasteiger partial charge is 0.224 e. The van der Waals surface area contributed by atoms with Crippen molar-refractivity contribution in [1.29, 1.82) is 0 Å². The first kappa shape index (κ1) is 12.2. The second-order valence-electron chi connectivity index (χ2n) is 3.48. The Hall–Kier alpha value is -0.870. The fraction of sp³-hybridized carbons (Fsp3) is 0.364. The SMILES string of the molecule is CC(CN)C(=O)NCc1cccc(Br)c1. The minimum absolute atomic E-state index is 0.00234. The molecule has 0 saturated carbocycles. The molecule has 0 bridgehead atoms. The molecule has 1 aromatic rings. The molecule has 1 amide bonds. The Morgan fingerprint density at radius 3 is 2.93 bits per heavy atom. The van der Waals surface area contributed by atoms with E-state index in [1.807, 2.05) is 31.2 Å². The van der Waals surface area contributed by atoms with Crippen LogP contribution in [-0.2, 0) is 11.3 Å². The third kappa shape index (κ3) is 4.01. The van der Waals surface area contributed by atoms with E-state index >= 15 is 0 Å². The molecular weight excluding hydrogens is 256 g/mol. The minimum atomic E-state index is -0.128. The van der Waals surface area contributed by atoms with Crippen LogP contribution in [0.3, 0.4) is 0 Å². The first-order chi connectivity index (χ1) is 7.13. The number of carbonyl (C=O) groups excluding carboxylic acids is 1. The lowest BCUT2D eigenvalue weighted by molar-refractivity contribution is -0.124. The van der Waals surface area contributed by atoms with Gasteiger partial charge in [0.15, 0.2) is 0 Å². The number of hydrogen-bond donors (Lipinski definition) is 2. The Kier molecular flexibility index (Phi) is 4.78. The zero-order chi connectivity index (χ0) is 11.3. The molecule has 0 heterocycles. The van der Waals surface area contributed by atoms with Crippen molar-refractivity contribution in [2.45, 2.75) is 13.5 Å². The van der Waals surface area contributed by atoms with E-state index in [0.29, 0.717) is 13.1 Å². The number of halogens is 1. The van der Waals surface area contributed by atoms with Crippen LogP contribution in [0.4, 0.5) is 0 Å². The number of nitrogens with two attached hydrogens (primary N) is 1. The summed E-state index contributed by atoms with van der Waals surface area (Å²) in [5, 5.41) is 2.84. The summed E-state index contributed by atoms with van der Waals surface area (Å²) in [4.78, 5) is 11.4. The van der Waals surface area contributed by atoms with Crippen LogP contribution in [0.25, 0.3) is 0 Å². The molecule has 0 aliphatic rings. The van der Waals surface area contributed by atoms with E-state index in [-0.39, 0.29) is 11.8 Å². The van der Waals surface area contributed by atoms with Gasteiger partial charge in [-0.05, 0) is 17.7 Å². The zero-order valence-corrected chi connectivity index (χ0v) is 10.3. The normalized spacial score (nSPS) is 12.2. The summed E-state index contributed by atoms with van der Waals surface area (Å²) < 4.78 is 1.01. The van der Waals surface area contributed by atoms with Crippen molar-refractivity contribution in [3.63, 3.8) is 0 Å². The fourth-order valence-electron chi connectivity index (χ4n) is 1.12. The van der Waals surface area contributed by atoms with E-state index in [2.05, 4.69) is 21.2 Å². The predicted octanol–water partition coefficient (Wildman–Crippen LogP) is 1.66. The van der Waals surface area contributed by atoms with Crippen LogP contribution in [0.15, 0.2) is 28.7 Å². The largest absolute Gasteiger partial charge is 0.352 e. The van der Waals surface area contributed by atoms with Crippen molar-refractivity contribution >= 4 is 21.8 Å². The van der Waals surface area contributed by atoms with E-state index in [1.165, 1.54) is 0 Å². The third-order valence-corrected chi connectivity index (χ3v) is 2.65. The molecule has 0 aromatic heterocycles. The number of hydrogen-bond acceptors (Lipinski definition) is 2. The molecule has 0 aliphatic carbocycles. The lowest BCUT2D eigenvalue weighted by Gasteiger charge is -2.09. The van der Waals surface area contributed by atoms with Crippen molar-refractivity contribution in [3.8, 4) is 0 Å². The Bertz CT molecular complexity index is 341. The highest BCUT2D eigenvalue weighted by Crippen LogP contribution is 2.11. The van der Waals surface area contributed by atoms with E-state index in [1.54, 1.807) is 0 Å². The van der Waals surface area contributed by atoms with E-state index in [4.69, 9.17) is 5.73 Å². The Labute approximate surface area is 98.2 Å². The van der Waals surface area contributed by atoms with Crippen molar-refractivity contribution in [2.24, 2.45) is 11.7 Å². The van der Waals surface area contributed by atoms with Crippen LogP contribution < -0.4 is 11.1 Å². The summed E-state index contributed by atoms with van der Waals surface area (Å²) in [7, 11) is 0. The van der Waals surface area contributed by atoms with Crippen LogP contribution in [-0.4, -0.2) is 12.5 Å². The molecule has 1 rings (SSSR count). The first-order valence-corrected chi connectivity index (χ1v) is 5.65. The van der Waals surface area contributed by atoms with Crippen molar-refractivity contribution < 1.29 is 4.79 Å². The van der Waals surface area contributed by atoms with Gasteiger partial charge in [-0.25, -0.2) is 0 Å². The summed E-state index contributed by atoms with van der Waals surface area (Å²) >= 11 is 3.38. The zero-order valence-electron chi connectivity index (χ0n) is 8.66. The van der Waals surface area contributed by atoms with Crippen LogP contribution >= 0.6 is 15.9 Å². The van der Waals surface area contributed by atoms with Gasteiger partial charge in [0.05, 0.1) is 0 Å². The number of rotatable bonds is 4. The lowest BCUT2D eigenvalue weighted by Crippen LogP contribution is -2.32. The molecule has 4 heteroatoms. The first-order valence-electron chi connectivity index (χ1n) is 4.85. The van der Waals surface area contributed by atoms with Crippen molar-refractivity contribution in [1.82, 2.24) is 5.32 Å². The molecule has 82 valence electrons. The highest BCUT2D eigenvalue weighted by Gasteiger charge is 2.09. The summed E-state index contributed by atoms with van der Waals surface area (Å²) in [5.41, 5.74) is 6.47. The summed E-state index contributed by atoms with van der Waals surface area (Å²) in [6.07, 6.45) is 0. The van der Waals surface area contributed by atoms with Gasteiger partial charge >= 0.3 is 0 Å². The molecule has 3 N–H and O–H groups in total. The maximum absolute atomic E-state index is 11.4. The third-order valence-electron chi connectivity index (χ3n) is 2.16. The summed E-state index contributed by atoms with van der Waals surface area (Å²) in [6.45, 7) is 2.74. The molecule has 0 aliphatic heterocycles. The lowest BCUT2D eigenvalue weighted by atomic mass is 10.1. The van der Waals surface area contributed by atoms with E-state index in [9.17, 15) is 4.79 Å². The summed E-state index contributed by atoms with van der Waals surface area (Å²) in [6, 6.07) is 7.84. The van der Waals surface area contributed by atoms with Crippen LogP contribution in [0.1, 0.15) is 12.5 Å². The van der Waals surface area contributed by atoms with Gasteiger partial charge in [-0.2, -0.15) is 0 Å². The van der Waals surface area contributed by atoms with Gasteiger partial charge in [0, 0.05) is 23.5 Å². The monoisotopic (exact) mass is 270 g/mol. The molecule has 1 unspecified atom stereocenters. The molecule has 1 aromatic carbocycles. The summed E-state index contributed by atoms with van der Waals surface area (Å²) in [5.74, 6) is -0.130. The van der Waals surface area contributed by atoms with Crippen molar-refractivity contribution in [2.75, 3.05) is 6.54 Å². The molecular formula is C11H15BrN2O. The Balaban J connectivity index is 2.47. The molecule has 0 fully saturated rings. The molecule has 15 heavy (non-hydrogen) atoms. The number of nitrogens with one attached hydrogen (secondary N) is 1. The van der Waals surface area contributed by atoms with Crippen LogP contribution in [0.2, 0.25) is 0 Å². The van der Waals surface area contributed by atoms with Gasteiger partial charge in [0.1, 0.15) is 0 Å². The molecule has 0 radical (unpaired) electrons. The highest BCUT2D eigenvalue weighted by molar-refractivity contribution is 9.10.